The van der Waals surface area contributed by atoms with Crippen LogP contribution in [-0.2, 0) is 17.6 Å². The quantitative estimate of drug-likeness (QED) is 0.809. The van der Waals surface area contributed by atoms with Crippen molar-refractivity contribution in [1.82, 2.24) is 5.32 Å². The van der Waals surface area contributed by atoms with Crippen molar-refractivity contribution in [1.29, 1.82) is 0 Å². The number of ether oxygens (including phenoxy) is 2. The first kappa shape index (κ1) is 17.9. The van der Waals surface area contributed by atoms with Crippen molar-refractivity contribution in [3.63, 3.8) is 0 Å². The Hall–Kier alpha value is -2.49. The molecule has 0 saturated heterocycles. The standard InChI is InChI=1S/C20H25NO3/c1-15-13-18(23-2)19(24-3)14-17(15)11-12-21-20(22)10-9-16-7-5-4-6-8-16/h4-8,13-14H,9-12H2,1-3H3,(H,21,22). The third-order valence-electron chi connectivity index (χ3n) is 4.04. The van der Waals surface area contributed by atoms with E-state index in [4.69, 9.17) is 9.47 Å². The molecule has 2 aromatic carbocycles. The van der Waals surface area contributed by atoms with E-state index in [1.807, 2.05) is 49.4 Å². The molecule has 128 valence electrons. The zero-order valence-electron chi connectivity index (χ0n) is 14.6. The first-order valence-corrected chi connectivity index (χ1v) is 8.16. The molecule has 0 spiro atoms. The maximum absolute atomic E-state index is 12.0. The third kappa shape index (κ3) is 5.01. The van der Waals surface area contributed by atoms with Crippen LogP contribution in [0.3, 0.4) is 0 Å². The molecule has 0 unspecified atom stereocenters. The Morgan fingerprint density at radius 2 is 1.67 bits per heavy atom. The molecule has 1 N–H and O–H groups in total. The molecule has 2 aromatic rings. The summed E-state index contributed by atoms with van der Waals surface area (Å²) in [5.41, 5.74) is 3.46. The van der Waals surface area contributed by atoms with E-state index in [1.54, 1.807) is 14.2 Å². The average molecular weight is 327 g/mol. The van der Waals surface area contributed by atoms with Crippen LogP contribution >= 0.6 is 0 Å². The summed E-state index contributed by atoms with van der Waals surface area (Å²) in [4.78, 5) is 12.0. The zero-order chi connectivity index (χ0) is 17.4. The Balaban J connectivity index is 1.82. The number of benzene rings is 2. The van der Waals surface area contributed by atoms with Gasteiger partial charge >= 0.3 is 0 Å². The lowest BCUT2D eigenvalue weighted by Crippen LogP contribution is -2.26. The molecule has 0 aliphatic heterocycles. The number of carbonyl (C=O) groups is 1. The fraction of sp³-hybridized carbons (Fsp3) is 0.350. The number of methoxy groups -OCH3 is 2. The number of hydrogen-bond acceptors (Lipinski definition) is 3. The predicted octanol–water partition coefficient (Wildman–Crippen LogP) is 3.30. The maximum Gasteiger partial charge on any atom is 0.220 e. The average Bonchev–Trinajstić information content (AvgIpc) is 2.61. The summed E-state index contributed by atoms with van der Waals surface area (Å²) in [6.45, 7) is 2.65. The van der Waals surface area contributed by atoms with Gasteiger partial charge in [-0.15, -0.1) is 0 Å². The fourth-order valence-electron chi connectivity index (χ4n) is 2.62. The molecule has 0 fully saturated rings. The molecule has 1 amide bonds. The van der Waals surface area contributed by atoms with Gasteiger partial charge in [0.05, 0.1) is 14.2 Å². The molecule has 0 aromatic heterocycles. The maximum atomic E-state index is 12.0. The predicted molar refractivity (Wildman–Crippen MR) is 95.8 cm³/mol. The second-order valence-corrected chi connectivity index (χ2v) is 5.72. The van der Waals surface area contributed by atoms with E-state index in [2.05, 4.69) is 5.32 Å². The van der Waals surface area contributed by atoms with Crippen LogP contribution < -0.4 is 14.8 Å². The first-order valence-electron chi connectivity index (χ1n) is 8.16. The summed E-state index contributed by atoms with van der Waals surface area (Å²) in [7, 11) is 3.26. The Bertz CT molecular complexity index is 668. The lowest BCUT2D eigenvalue weighted by Gasteiger charge is -2.13. The van der Waals surface area contributed by atoms with Gasteiger partial charge in [-0.25, -0.2) is 0 Å². The molecule has 4 nitrogen and oxygen atoms in total. The third-order valence-corrected chi connectivity index (χ3v) is 4.04. The van der Waals surface area contributed by atoms with Crippen molar-refractivity contribution < 1.29 is 14.3 Å². The number of rotatable bonds is 8. The van der Waals surface area contributed by atoms with Crippen LogP contribution in [0, 0.1) is 6.92 Å². The number of aryl methyl sites for hydroxylation is 2. The largest absolute Gasteiger partial charge is 0.493 e. The summed E-state index contributed by atoms with van der Waals surface area (Å²) in [6.07, 6.45) is 2.04. The first-order chi connectivity index (χ1) is 11.6. The molecule has 2 rings (SSSR count). The van der Waals surface area contributed by atoms with Gasteiger partial charge in [0, 0.05) is 13.0 Å². The van der Waals surface area contributed by atoms with Crippen LogP contribution in [0.15, 0.2) is 42.5 Å². The lowest BCUT2D eigenvalue weighted by molar-refractivity contribution is -0.121. The van der Waals surface area contributed by atoms with Crippen molar-refractivity contribution in [2.24, 2.45) is 0 Å². The van der Waals surface area contributed by atoms with Gasteiger partial charge in [-0.2, -0.15) is 0 Å². The van der Waals surface area contributed by atoms with Crippen LogP contribution in [-0.4, -0.2) is 26.7 Å². The second kappa shape index (κ2) is 8.96. The lowest BCUT2D eigenvalue weighted by atomic mass is 10.0. The van der Waals surface area contributed by atoms with E-state index in [0.29, 0.717) is 18.7 Å². The minimum Gasteiger partial charge on any atom is -0.493 e. The molecule has 0 saturated carbocycles. The van der Waals surface area contributed by atoms with Crippen LogP contribution in [0.2, 0.25) is 0 Å². The molecule has 0 radical (unpaired) electrons. The number of amides is 1. The van der Waals surface area contributed by atoms with E-state index in [-0.39, 0.29) is 5.91 Å². The van der Waals surface area contributed by atoms with Gasteiger partial charge in [0.1, 0.15) is 0 Å². The summed E-state index contributed by atoms with van der Waals surface area (Å²) in [5.74, 6) is 1.52. The summed E-state index contributed by atoms with van der Waals surface area (Å²) in [6, 6.07) is 14.0. The van der Waals surface area contributed by atoms with Gasteiger partial charge in [0.15, 0.2) is 11.5 Å². The minimum atomic E-state index is 0.0805. The number of hydrogen-bond donors (Lipinski definition) is 1. The monoisotopic (exact) mass is 327 g/mol. The summed E-state index contributed by atoms with van der Waals surface area (Å²) < 4.78 is 10.6. The highest BCUT2D eigenvalue weighted by Crippen LogP contribution is 2.30. The Morgan fingerprint density at radius 3 is 2.33 bits per heavy atom. The van der Waals surface area contributed by atoms with Crippen LogP contribution in [0.25, 0.3) is 0 Å². The molecule has 24 heavy (non-hydrogen) atoms. The fourth-order valence-corrected chi connectivity index (χ4v) is 2.62. The Morgan fingerprint density at radius 1 is 1.00 bits per heavy atom. The number of nitrogens with one attached hydrogen (secondary N) is 1. The van der Waals surface area contributed by atoms with E-state index in [1.165, 1.54) is 5.56 Å². The molecular formula is C20H25NO3. The highest BCUT2D eigenvalue weighted by molar-refractivity contribution is 5.76. The Kier molecular flexibility index (Phi) is 6.67. The topological polar surface area (TPSA) is 47.6 Å². The van der Waals surface area contributed by atoms with Gasteiger partial charge in [0.2, 0.25) is 5.91 Å². The van der Waals surface area contributed by atoms with Gasteiger partial charge in [-0.1, -0.05) is 30.3 Å². The molecule has 0 aliphatic rings. The number of carbonyl (C=O) groups excluding carboxylic acids is 1. The smallest absolute Gasteiger partial charge is 0.220 e. The van der Waals surface area contributed by atoms with Crippen molar-refractivity contribution in [3.05, 3.63) is 59.2 Å². The highest BCUT2D eigenvalue weighted by atomic mass is 16.5. The van der Waals surface area contributed by atoms with Gasteiger partial charge in [0.25, 0.3) is 0 Å². The van der Waals surface area contributed by atoms with E-state index < -0.39 is 0 Å². The normalized spacial score (nSPS) is 10.3. The van der Waals surface area contributed by atoms with Crippen molar-refractivity contribution in [2.75, 3.05) is 20.8 Å². The molecule has 0 heterocycles. The van der Waals surface area contributed by atoms with Gasteiger partial charge in [-0.05, 0) is 48.6 Å². The Labute approximate surface area is 143 Å². The minimum absolute atomic E-state index is 0.0805. The van der Waals surface area contributed by atoms with Crippen LogP contribution in [0.4, 0.5) is 0 Å². The van der Waals surface area contributed by atoms with Gasteiger partial charge in [-0.3, -0.25) is 4.79 Å². The van der Waals surface area contributed by atoms with Crippen molar-refractivity contribution in [2.45, 2.75) is 26.2 Å². The second-order valence-electron chi connectivity index (χ2n) is 5.72. The molecule has 4 heteroatoms. The molecule has 0 atom stereocenters. The summed E-state index contributed by atoms with van der Waals surface area (Å²) >= 11 is 0. The van der Waals surface area contributed by atoms with E-state index in [0.717, 1.165) is 29.7 Å². The van der Waals surface area contributed by atoms with Crippen molar-refractivity contribution in [3.8, 4) is 11.5 Å². The molecule has 0 aliphatic carbocycles. The van der Waals surface area contributed by atoms with Gasteiger partial charge < -0.3 is 14.8 Å². The van der Waals surface area contributed by atoms with Crippen LogP contribution in [0.1, 0.15) is 23.1 Å². The van der Waals surface area contributed by atoms with E-state index in [9.17, 15) is 4.79 Å². The SMILES string of the molecule is COc1cc(C)c(CCNC(=O)CCc2ccccc2)cc1OC. The van der Waals surface area contributed by atoms with Crippen molar-refractivity contribution >= 4 is 5.91 Å². The zero-order valence-corrected chi connectivity index (χ0v) is 14.6. The van der Waals surface area contributed by atoms with E-state index >= 15 is 0 Å². The molecular weight excluding hydrogens is 302 g/mol. The summed E-state index contributed by atoms with van der Waals surface area (Å²) in [5, 5.41) is 2.98. The van der Waals surface area contributed by atoms with Crippen LogP contribution in [0.5, 0.6) is 11.5 Å². The molecule has 0 bridgehead atoms. The highest BCUT2D eigenvalue weighted by Gasteiger charge is 2.09.